The van der Waals surface area contributed by atoms with Gasteiger partial charge in [0.1, 0.15) is 0 Å². The van der Waals surface area contributed by atoms with Crippen molar-refractivity contribution in [3.05, 3.63) is 0 Å². The maximum absolute atomic E-state index is 12.0. The van der Waals surface area contributed by atoms with Crippen LogP contribution in [0.2, 0.25) is 0 Å². The summed E-state index contributed by atoms with van der Waals surface area (Å²) in [7, 11) is 0. The third kappa shape index (κ3) is 23.7. The predicted octanol–water partition coefficient (Wildman–Crippen LogP) is 2.22. The first-order valence-corrected chi connectivity index (χ1v) is 15.9. The molecule has 1 unspecified atom stereocenters. The van der Waals surface area contributed by atoms with Gasteiger partial charge in [-0.3, -0.25) is 9.59 Å². The molecule has 1 heterocycles. The number of unbranched alkanes of at least 4 members (excludes halogenated alkanes) is 1. The molecule has 1 aliphatic heterocycles. The topological polar surface area (TPSA) is 102 Å². The average Bonchev–Trinajstić information content (AvgIpc) is 2.92. The zero-order chi connectivity index (χ0) is 29.3. The maximum atomic E-state index is 12.0. The molecule has 1 rings (SSSR count). The molecule has 0 aromatic heterocycles. The van der Waals surface area contributed by atoms with Crippen molar-refractivity contribution in [2.24, 2.45) is 5.92 Å². The largest absolute Gasteiger partial charge is 0.380 e. The van der Waals surface area contributed by atoms with Crippen LogP contribution >= 0.6 is 12.6 Å². The summed E-state index contributed by atoms with van der Waals surface area (Å²) in [6.45, 7) is 18.2. The molecule has 0 aliphatic carbocycles. The van der Waals surface area contributed by atoms with Crippen LogP contribution in [-0.4, -0.2) is 132 Å². The van der Waals surface area contributed by atoms with Gasteiger partial charge in [-0.25, -0.2) is 0 Å². The Bertz CT molecular complexity index is 621. The molecule has 1 fully saturated rings. The summed E-state index contributed by atoms with van der Waals surface area (Å²) in [6, 6.07) is 0. The lowest BCUT2D eigenvalue weighted by Crippen LogP contribution is -2.47. The lowest BCUT2D eigenvalue weighted by Gasteiger charge is -2.35. The summed E-state index contributed by atoms with van der Waals surface area (Å²) in [4.78, 5) is 28.8. The molecular formula is C29H58N4O6S. The number of ether oxygens (including phenoxy) is 4. The van der Waals surface area contributed by atoms with Gasteiger partial charge < -0.3 is 39.4 Å². The number of carbonyl (C=O) groups excluding carboxylic acids is 2. The quantitative estimate of drug-likeness (QED) is 0.104. The highest BCUT2D eigenvalue weighted by Gasteiger charge is 2.16. The molecule has 1 atom stereocenters. The fraction of sp³-hybridized carbons (Fsp3) is 0.931. The Balaban J connectivity index is 1.78. The van der Waals surface area contributed by atoms with Gasteiger partial charge in [-0.2, -0.15) is 12.6 Å². The van der Waals surface area contributed by atoms with Gasteiger partial charge in [-0.15, -0.1) is 0 Å². The van der Waals surface area contributed by atoms with Crippen LogP contribution in [0.15, 0.2) is 0 Å². The van der Waals surface area contributed by atoms with Crippen LogP contribution in [0.25, 0.3) is 0 Å². The fourth-order valence-electron chi connectivity index (χ4n) is 4.06. The highest BCUT2D eigenvalue weighted by molar-refractivity contribution is 7.80. The van der Waals surface area contributed by atoms with E-state index in [-0.39, 0.29) is 11.8 Å². The minimum Gasteiger partial charge on any atom is -0.380 e. The van der Waals surface area contributed by atoms with Gasteiger partial charge in [-0.1, -0.05) is 20.8 Å². The van der Waals surface area contributed by atoms with Crippen LogP contribution in [0.3, 0.4) is 0 Å². The van der Waals surface area contributed by atoms with Crippen molar-refractivity contribution < 1.29 is 28.5 Å². The second kappa shape index (κ2) is 25.7. The van der Waals surface area contributed by atoms with Crippen molar-refractivity contribution in [1.82, 2.24) is 20.4 Å². The number of hydrogen-bond donors (Lipinski definition) is 3. The summed E-state index contributed by atoms with van der Waals surface area (Å²) in [6.07, 6.45) is 5.04. The Morgan fingerprint density at radius 1 is 0.650 bits per heavy atom. The lowest BCUT2D eigenvalue weighted by molar-refractivity contribution is -0.123. The molecule has 0 aromatic rings. The van der Waals surface area contributed by atoms with Crippen LogP contribution in [0, 0.1) is 5.92 Å². The SMILES string of the molecule is CC(C)CCOCCNC(=O)CCOCCOCCOCCNC(=O)CCCCN1CCN(CCC(C)S)CC1. The van der Waals surface area contributed by atoms with E-state index in [1.807, 2.05) is 0 Å². The number of nitrogens with zero attached hydrogens (tertiary/aromatic N) is 2. The number of amides is 2. The van der Waals surface area contributed by atoms with Gasteiger partial charge in [0.15, 0.2) is 0 Å². The van der Waals surface area contributed by atoms with Crippen molar-refractivity contribution in [2.45, 2.75) is 64.5 Å². The minimum atomic E-state index is -0.0339. The van der Waals surface area contributed by atoms with E-state index >= 15 is 0 Å². The molecule has 0 spiro atoms. The van der Waals surface area contributed by atoms with Crippen molar-refractivity contribution in [3.8, 4) is 0 Å². The maximum Gasteiger partial charge on any atom is 0.222 e. The summed E-state index contributed by atoms with van der Waals surface area (Å²) in [5, 5.41) is 6.21. The van der Waals surface area contributed by atoms with Crippen molar-refractivity contribution in [1.29, 1.82) is 0 Å². The lowest BCUT2D eigenvalue weighted by atomic mass is 10.1. The van der Waals surface area contributed by atoms with E-state index in [0.717, 1.165) is 71.6 Å². The van der Waals surface area contributed by atoms with E-state index in [9.17, 15) is 9.59 Å². The zero-order valence-electron chi connectivity index (χ0n) is 25.5. The summed E-state index contributed by atoms with van der Waals surface area (Å²) in [5.74, 6) is 0.683. The first-order valence-electron chi connectivity index (χ1n) is 15.3. The molecule has 0 aromatic carbocycles. The fourth-order valence-corrected chi connectivity index (χ4v) is 4.17. The predicted molar refractivity (Wildman–Crippen MR) is 163 cm³/mol. The molecule has 0 bridgehead atoms. The highest BCUT2D eigenvalue weighted by Crippen LogP contribution is 2.08. The monoisotopic (exact) mass is 590 g/mol. The van der Waals surface area contributed by atoms with Gasteiger partial charge in [0.25, 0.3) is 0 Å². The van der Waals surface area contributed by atoms with E-state index in [4.69, 9.17) is 18.9 Å². The zero-order valence-corrected chi connectivity index (χ0v) is 26.4. The molecule has 2 N–H and O–H groups in total. The Kier molecular flexibility index (Phi) is 23.9. The van der Waals surface area contributed by atoms with E-state index in [1.54, 1.807) is 0 Å². The van der Waals surface area contributed by atoms with E-state index < -0.39 is 0 Å². The van der Waals surface area contributed by atoms with E-state index in [0.29, 0.717) is 83.3 Å². The third-order valence-corrected chi connectivity index (χ3v) is 6.91. The summed E-state index contributed by atoms with van der Waals surface area (Å²) in [5.41, 5.74) is 0. The van der Waals surface area contributed by atoms with Crippen LogP contribution in [0.1, 0.15) is 59.3 Å². The van der Waals surface area contributed by atoms with E-state index in [2.05, 4.69) is 53.8 Å². The van der Waals surface area contributed by atoms with Crippen LogP contribution in [-0.2, 0) is 28.5 Å². The van der Waals surface area contributed by atoms with E-state index in [1.165, 1.54) is 0 Å². The van der Waals surface area contributed by atoms with Gasteiger partial charge in [-0.05, 0) is 44.7 Å². The standard InChI is InChI=1S/C29H58N4O6S/c1-26(2)8-18-36-20-10-31-29(35)9-19-37-22-24-39-25-23-38-21-11-30-28(34)6-4-5-12-32-14-16-33(17-15-32)13-7-27(3)40/h26-27,40H,4-25H2,1-3H3,(H,30,34)(H,31,35). The molecule has 40 heavy (non-hydrogen) atoms. The van der Waals surface area contributed by atoms with Crippen molar-refractivity contribution in [2.75, 3.05) is 105 Å². The molecule has 236 valence electrons. The van der Waals surface area contributed by atoms with Crippen LogP contribution in [0.4, 0.5) is 0 Å². The normalized spacial score (nSPS) is 15.4. The van der Waals surface area contributed by atoms with Crippen molar-refractivity contribution in [3.63, 3.8) is 0 Å². The molecule has 0 radical (unpaired) electrons. The number of carbonyl (C=O) groups is 2. The number of nitrogens with one attached hydrogen (secondary N) is 2. The number of hydrogen-bond acceptors (Lipinski definition) is 9. The summed E-state index contributed by atoms with van der Waals surface area (Å²) < 4.78 is 21.9. The van der Waals surface area contributed by atoms with Gasteiger partial charge in [0.2, 0.25) is 11.8 Å². The molecule has 1 saturated heterocycles. The first-order chi connectivity index (χ1) is 19.4. The smallest absolute Gasteiger partial charge is 0.222 e. The molecule has 1 aliphatic rings. The Morgan fingerprint density at radius 3 is 1.73 bits per heavy atom. The number of rotatable bonds is 26. The molecule has 2 amide bonds. The Labute approximate surface area is 249 Å². The Morgan fingerprint density at radius 2 is 1.15 bits per heavy atom. The highest BCUT2D eigenvalue weighted by atomic mass is 32.1. The number of piperazine rings is 1. The molecule has 11 heteroatoms. The van der Waals surface area contributed by atoms with Crippen molar-refractivity contribution >= 4 is 24.4 Å². The number of thiol groups is 1. The molecule has 10 nitrogen and oxygen atoms in total. The third-order valence-electron chi connectivity index (χ3n) is 6.65. The van der Waals surface area contributed by atoms with Gasteiger partial charge in [0, 0.05) is 64.0 Å². The van der Waals surface area contributed by atoms with Gasteiger partial charge >= 0.3 is 0 Å². The Hall–Kier alpha value is -0.950. The first kappa shape index (κ1) is 37.1. The average molecular weight is 591 g/mol. The van der Waals surface area contributed by atoms with Crippen LogP contribution in [0.5, 0.6) is 0 Å². The minimum absolute atomic E-state index is 0.0339. The molecular weight excluding hydrogens is 532 g/mol. The summed E-state index contributed by atoms with van der Waals surface area (Å²) >= 11 is 4.47. The molecule has 0 saturated carbocycles. The second-order valence-corrected chi connectivity index (χ2v) is 11.7. The van der Waals surface area contributed by atoms with Crippen LogP contribution < -0.4 is 10.6 Å². The second-order valence-electron chi connectivity index (χ2n) is 10.9. The van der Waals surface area contributed by atoms with Gasteiger partial charge in [0.05, 0.1) is 46.2 Å².